The first kappa shape index (κ1) is 20.5. The number of nitrogens with zero attached hydrogens (tertiary/aromatic N) is 3. The van der Waals surface area contributed by atoms with Gasteiger partial charge in [0.25, 0.3) is 5.24 Å². The van der Waals surface area contributed by atoms with Gasteiger partial charge in [-0.25, -0.2) is 0 Å². The van der Waals surface area contributed by atoms with Crippen molar-refractivity contribution in [1.29, 1.82) is 0 Å². The Hall–Kier alpha value is -1.77. The molecule has 0 bridgehead atoms. The van der Waals surface area contributed by atoms with E-state index in [-0.39, 0.29) is 5.24 Å². The first-order chi connectivity index (χ1) is 12.5. The van der Waals surface area contributed by atoms with Crippen molar-refractivity contribution < 1.29 is 4.79 Å². The molecule has 0 radical (unpaired) electrons. The van der Waals surface area contributed by atoms with Crippen LogP contribution in [0.5, 0.6) is 0 Å². The third kappa shape index (κ3) is 6.86. The lowest BCUT2D eigenvalue weighted by Gasteiger charge is -2.10. The van der Waals surface area contributed by atoms with Crippen LogP contribution in [0.2, 0.25) is 0 Å². The molecule has 2 rings (SSSR count). The molecule has 2 aromatic carbocycles. The lowest BCUT2D eigenvalue weighted by molar-refractivity contribution is 0.241. The molecule has 5 nitrogen and oxygen atoms in total. The van der Waals surface area contributed by atoms with E-state index in [1.165, 1.54) is 22.2 Å². The number of hydrogen-bond donors (Lipinski definition) is 1. The second kappa shape index (κ2) is 10.4. The van der Waals surface area contributed by atoms with Crippen LogP contribution in [0.1, 0.15) is 11.1 Å². The van der Waals surface area contributed by atoms with Gasteiger partial charge in [0.15, 0.2) is 5.17 Å². The fourth-order valence-corrected chi connectivity index (χ4v) is 3.72. The van der Waals surface area contributed by atoms with Gasteiger partial charge in [-0.05, 0) is 29.5 Å². The summed E-state index contributed by atoms with van der Waals surface area (Å²) in [5.41, 5.74) is 7.87. The standard InChI is InChI=1S/C18H19BrN4OS2/c1-23(2)18(24)26-16-10-15(19)9-8-14(16)11-21-22-17(20)25-12-13-6-4-3-5-7-13/h3-11H,12H2,1-2H3,(H2,20,22). The molecule has 0 aliphatic heterocycles. The Morgan fingerprint density at radius 1 is 1.23 bits per heavy atom. The maximum atomic E-state index is 12.0. The Labute approximate surface area is 170 Å². The molecule has 0 saturated carbocycles. The second-order valence-electron chi connectivity index (χ2n) is 5.40. The fraction of sp³-hybridized carbons (Fsp3) is 0.167. The van der Waals surface area contributed by atoms with Gasteiger partial charge < -0.3 is 10.6 Å². The minimum absolute atomic E-state index is 0.0563. The molecular weight excluding hydrogens is 432 g/mol. The molecule has 0 aliphatic carbocycles. The van der Waals surface area contributed by atoms with E-state index in [4.69, 9.17) is 5.73 Å². The number of nitrogens with two attached hydrogens (primary N) is 1. The quantitative estimate of drug-likeness (QED) is 0.307. The smallest absolute Gasteiger partial charge is 0.285 e. The van der Waals surface area contributed by atoms with Crippen LogP contribution < -0.4 is 5.73 Å². The van der Waals surface area contributed by atoms with Crippen molar-refractivity contribution in [2.75, 3.05) is 14.1 Å². The zero-order valence-electron chi connectivity index (χ0n) is 14.4. The van der Waals surface area contributed by atoms with E-state index in [0.29, 0.717) is 5.17 Å². The molecule has 136 valence electrons. The van der Waals surface area contributed by atoms with Crippen LogP contribution in [0, 0.1) is 0 Å². The number of rotatable bonds is 5. The van der Waals surface area contributed by atoms with Crippen LogP contribution in [-0.4, -0.2) is 35.6 Å². The van der Waals surface area contributed by atoms with Gasteiger partial charge in [0, 0.05) is 34.8 Å². The Kier molecular flexibility index (Phi) is 8.21. The molecule has 0 unspecified atom stereocenters. The molecule has 0 aromatic heterocycles. The summed E-state index contributed by atoms with van der Waals surface area (Å²) in [4.78, 5) is 14.3. The van der Waals surface area contributed by atoms with Gasteiger partial charge in [0.1, 0.15) is 0 Å². The largest absolute Gasteiger partial charge is 0.377 e. The highest BCUT2D eigenvalue weighted by Gasteiger charge is 2.10. The number of halogens is 1. The summed E-state index contributed by atoms with van der Waals surface area (Å²) in [5, 5.41) is 8.42. The van der Waals surface area contributed by atoms with Crippen LogP contribution in [0.4, 0.5) is 4.79 Å². The maximum Gasteiger partial charge on any atom is 0.285 e. The summed E-state index contributed by atoms with van der Waals surface area (Å²) < 4.78 is 0.894. The van der Waals surface area contributed by atoms with E-state index in [1.807, 2.05) is 48.5 Å². The first-order valence-corrected chi connectivity index (χ1v) is 10.3. The highest BCUT2D eigenvalue weighted by atomic mass is 79.9. The lowest BCUT2D eigenvalue weighted by Crippen LogP contribution is -2.16. The van der Waals surface area contributed by atoms with Crippen molar-refractivity contribution in [1.82, 2.24) is 4.90 Å². The molecular formula is C18H19BrN4OS2. The van der Waals surface area contributed by atoms with Gasteiger partial charge in [-0.1, -0.05) is 64.1 Å². The molecule has 0 aliphatic rings. The maximum absolute atomic E-state index is 12.0. The van der Waals surface area contributed by atoms with E-state index in [9.17, 15) is 4.79 Å². The third-order valence-corrected chi connectivity index (χ3v) is 5.58. The molecule has 26 heavy (non-hydrogen) atoms. The predicted molar refractivity (Wildman–Crippen MR) is 116 cm³/mol. The van der Waals surface area contributed by atoms with Gasteiger partial charge >= 0.3 is 0 Å². The molecule has 2 aromatic rings. The van der Waals surface area contributed by atoms with Crippen LogP contribution >= 0.6 is 39.5 Å². The second-order valence-corrected chi connectivity index (χ2v) is 8.31. The predicted octanol–water partition coefficient (Wildman–Crippen LogP) is 4.80. The summed E-state index contributed by atoms with van der Waals surface area (Å²) in [6, 6.07) is 15.7. The van der Waals surface area contributed by atoms with Crippen molar-refractivity contribution in [2.45, 2.75) is 10.6 Å². The molecule has 8 heteroatoms. The van der Waals surface area contributed by atoms with E-state index in [1.54, 1.807) is 20.3 Å². The number of hydrogen-bond acceptors (Lipinski definition) is 5. The van der Waals surface area contributed by atoms with Gasteiger partial charge in [0.2, 0.25) is 0 Å². The van der Waals surface area contributed by atoms with E-state index < -0.39 is 0 Å². The van der Waals surface area contributed by atoms with E-state index in [2.05, 4.69) is 26.1 Å². The minimum Gasteiger partial charge on any atom is -0.377 e. The van der Waals surface area contributed by atoms with E-state index >= 15 is 0 Å². The summed E-state index contributed by atoms with van der Waals surface area (Å²) in [6.45, 7) is 0. The molecule has 0 fully saturated rings. The number of amidine groups is 1. The highest BCUT2D eigenvalue weighted by molar-refractivity contribution is 9.10. The van der Waals surface area contributed by atoms with E-state index in [0.717, 1.165) is 32.4 Å². The van der Waals surface area contributed by atoms with Gasteiger partial charge in [-0.15, -0.1) is 5.10 Å². The monoisotopic (exact) mass is 450 g/mol. The fourth-order valence-electron chi connectivity index (χ4n) is 1.80. The topological polar surface area (TPSA) is 71.0 Å². The van der Waals surface area contributed by atoms with Crippen molar-refractivity contribution >= 4 is 56.1 Å². The molecule has 2 N–H and O–H groups in total. The van der Waals surface area contributed by atoms with Crippen LogP contribution in [0.3, 0.4) is 0 Å². The van der Waals surface area contributed by atoms with Crippen molar-refractivity contribution in [3.8, 4) is 0 Å². The molecule has 0 spiro atoms. The third-order valence-electron chi connectivity index (χ3n) is 3.12. The number of carbonyl (C=O) groups is 1. The summed E-state index contributed by atoms with van der Waals surface area (Å²) in [5.74, 6) is 0.739. The Morgan fingerprint density at radius 3 is 2.65 bits per heavy atom. The summed E-state index contributed by atoms with van der Waals surface area (Å²) in [6.07, 6.45) is 1.60. The van der Waals surface area contributed by atoms with Crippen molar-refractivity contribution in [2.24, 2.45) is 15.9 Å². The SMILES string of the molecule is CN(C)C(=O)Sc1cc(Br)ccc1C=NN=C(N)SCc1ccccc1. The molecule has 0 saturated heterocycles. The number of carbonyl (C=O) groups excluding carboxylic acids is 1. The average Bonchev–Trinajstić information content (AvgIpc) is 2.62. The van der Waals surface area contributed by atoms with Crippen LogP contribution in [0.15, 0.2) is 68.1 Å². The minimum atomic E-state index is -0.0563. The van der Waals surface area contributed by atoms with Crippen molar-refractivity contribution in [3.63, 3.8) is 0 Å². The molecule has 0 atom stereocenters. The normalized spacial score (nSPS) is 11.7. The van der Waals surface area contributed by atoms with Crippen LogP contribution in [-0.2, 0) is 5.75 Å². The molecule has 0 heterocycles. The van der Waals surface area contributed by atoms with Gasteiger partial charge in [-0.3, -0.25) is 4.79 Å². The zero-order valence-corrected chi connectivity index (χ0v) is 17.6. The lowest BCUT2D eigenvalue weighted by atomic mass is 10.2. The highest BCUT2D eigenvalue weighted by Crippen LogP contribution is 2.27. The average molecular weight is 451 g/mol. The Morgan fingerprint density at radius 2 is 1.96 bits per heavy atom. The van der Waals surface area contributed by atoms with Gasteiger partial charge in [0.05, 0.1) is 6.21 Å². The van der Waals surface area contributed by atoms with Crippen LogP contribution in [0.25, 0.3) is 0 Å². The number of amides is 1. The zero-order chi connectivity index (χ0) is 18.9. The van der Waals surface area contributed by atoms with Gasteiger partial charge in [-0.2, -0.15) is 5.10 Å². The summed E-state index contributed by atoms with van der Waals surface area (Å²) in [7, 11) is 3.44. The van der Waals surface area contributed by atoms with Crippen molar-refractivity contribution in [3.05, 3.63) is 64.1 Å². The first-order valence-electron chi connectivity index (χ1n) is 7.67. The number of benzene rings is 2. The Bertz CT molecular complexity index is 810. The summed E-state index contributed by atoms with van der Waals surface area (Å²) >= 11 is 5.99. The molecule has 1 amide bonds. The Balaban J connectivity index is 2.03. The number of thioether (sulfide) groups is 2.